The van der Waals surface area contributed by atoms with Crippen molar-refractivity contribution in [3.63, 3.8) is 0 Å². The van der Waals surface area contributed by atoms with Crippen LogP contribution >= 0.6 is 11.3 Å². The number of nitrogens with one attached hydrogen (secondary N) is 1. The number of carbonyl (C=O) groups is 1. The fraction of sp³-hybridized carbons (Fsp3) is 0.545. The maximum Gasteiger partial charge on any atom is 0.336 e. The second kappa shape index (κ2) is 4.53. The molecule has 16 heavy (non-hydrogen) atoms. The zero-order valence-electron chi connectivity index (χ0n) is 9.19. The van der Waals surface area contributed by atoms with Crippen LogP contribution in [-0.4, -0.2) is 30.2 Å². The van der Waals surface area contributed by atoms with Crippen molar-refractivity contribution in [2.45, 2.75) is 25.3 Å². The lowest BCUT2D eigenvalue weighted by Crippen LogP contribution is -2.42. The van der Waals surface area contributed by atoms with Gasteiger partial charge in [0, 0.05) is 34.8 Å². The van der Waals surface area contributed by atoms with Gasteiger partial charge in [-0.15, -0.1) is 11.3 Å². The lowest BCUT2D eigenvalue weighted by Gasteiger charge is -2.26. The van der Waals surface area contributed by atoms with E-state index in [0.717, 1.165) is 29.3 Å². The Bertz CT molecular complexity index is 403. The zero-order valence-corrected chi connectivity index (χ0v) is 10.0. The number of piperidine rings is 1. The smallest absolute Gasteiger partial charge is 0.336 e. The van der Waals surface area contributed by atoms with Gasteiger partial charge >= 0.3 is 5.97 Å². The molecule has 1 aromatic heterocycles. The number of thiophene rings is 1. The van der Waals surface area contributed by atoms with Crippen LogP contribution in [0.4, 0.5) is 0 Å². The molecule has 0 radical (unpaired) electrons. The maximum atomic E-state index is 10.9. The summed E-state index contributed by atoms with van der Waals surface area (Å²) in [5, 5.41) is 12.3. The molecule has 2 unspecified atom stereocenters. The molecule has 1 aliphatic rings. The van der Waals surface area contributed by atoms with Crippen LogP contribution < -0.4 is 11.1 Å². The monoisotopic (exact) mass is 240 g/mol. The second-order valence-electron chi connectivity index (χ2n) is 4.27. The van der Waals surface area contributed by atoms with Crippen LogP contribution in [0.3, 0.4) is 0 Å². The largest absolute Gasteiger partial charge is 0.478 e. The van der Waals surface area contributed by atoms with Crippen molar-refractivity contribution in [1.29, 1.82) is 0 Å². The number of rotatable bonds is 2. The van der Waals surface area contributed by atoms with Crippen LogP contribution in [0.5, 0.6) is 0 Å². The first-order valence-corrected chi connectivity index (χ1v) is 6.19. The zero-order chi connectivity index (χ0) is 11.7. The standard InChI is InChI=1S/C11H16N2O2S/c1-6-9(11(14)15)3-10(16-6)7-2-8(12)5-13-4-7/h3,7-8,13H,2,4-5,12H2,1H3,(H,14,15). The first-order valence-electron chi connectivity index (χ1n) is 5.38. The molecule has 1 saturated heterocycles. The van der Waals surface area contributed by atoms with E-state index in [9.17, 15) is 4.79 Å². The Balaban J connectivity index is 2.20. The molecule has 0 aromatic carbocycles. The predicted octanol–water partition coefficient (Wildman–Crippen LogP) is 1.16. The average Bonchev–Trinajstić information content (AvgIpc) is 2.60. The van der Waals surface area contributed by atoms with Gasteiger partial charge in [-0.2, -0.15) is 0 Å². The van der Waals surface area contributed by atoms with Crippen LogP contribution in [0, 0.1) is 6.92 Å². The minimum atomic E-state index is -0.840. The third kappa shape index (κ3) is 2.26. The Kier molecular flexibility index (Phi) is 3.28. The molecule has 1 fully saturated rings. The Morgan fingerprint density at radius 2 is 2.38 bits per heavy atom. The highest BCUT2D eigenvalue weighted by molar-refractivity contribution is 7.12. The van der Waals surface area contributed by atoms with Crippen molar-refractivity contribution in [3.05, 3.63) is 21.4 Å². The highest BCUT2D eigenvalue weighted by atomic mass is 32.1. The van der Waals surface area contributed by atoms with Crippen molar-refractivity contribution in [3.8, 4) is 0 Å². The fourth-order valence-corrected chi connectivity index (χ4v) is 3.24. The minimum absolute atomic E-state index is 0.175. The first-order chi connectivity index (χ1) is 7.58. The molecule has 0 amide bonds. The maximum absolute atomic E-state index is 10.9. The number of carboxylic acid groups (broad SMARTS) is 1. The summed E-state index contributed by atoms with van der Waals surface area (Å²) in [6, 6.07) is 1.97. The second-order valence-corrected chi connectivity index (χ2v) is 5.56. The van der Waals surface area contributed by atoms with Crippen molar-refractivity contribution in [2.75, 3.05) is 13.1 Å². The van der Waals surface area contributed by atoms with Gasteiger partial charge in [-0.3, -0.25) is 0 Å². The highest BCUT2D eigenvalue weighted by Gasteiger charge is 2.23. The molecule has 0 aliphatic carbocycles. The van der Waals surface area contributed by atoms with E-state index in [1.165, 1.54) is 0 Å². The molecule has 1 aliphatic heterocycles. The van der Waals surface area contributed by atoms with E-state index in [-0.39, 0.29) is 6.04 Å². The number of hydrogen-bond donors (Lipinski definition) is 3. The van der Waals surface area contributed by atoms with E-state index in [4.69, 9.17) is 10.8 Å². The van der Waals surface area contributed by atoms with E-state index < -0.39 is 5.97 Å². The summed E-state index contributed by atoms with van der Waals surface area (Å²) in [7, 11) is 0. The van der Waals surface area contributed by atoms with Gasteiger partial charge in [0.15, 0.2) is 0 Å². The fourth-order valence-electron chi connectivity index (χ4n) is 2.11. The lowest BCUT2D eigenvalue weighted by atomic mass is 9.94. The van der Waals surface area contributed by atoms with Crippen molar-refractivity contribution < 1.29 is 9.90 Å². The summed E-state index contributed by atoms with van der Waals surface area (Å²) < 4.78 is 0. The molecule has 1 aromatic rings. The molecular weight excluding hydrogens is 224 g/mol. The molecule has 0 saturated carbocycles. The number of carboxylic acids is 1. The molecule has 2 heterocycles. The van der Waals surface area contributed by atoms with Crippen LogP contribution in [0.25, 0.3) is 0 Å². The molecule has 88 valence electrons. The van der Waals surface area contributed by atoms with Crippen LogP contribution in [0.15, 0.2) is 6.07 Å². The van der Waals surface area contributed by atoms with Gasteiger partial charge in [-0.1, -0.05) is 0 Å². The van der Waals surface area contributed by atoms with Crippen molar-refractivity contribution in [2.24, 2.45) is 5.73 Å². The van der Waals surface area contributed by atoms with Gasteiger partial charge < -0.3 is 16.2 Å². The van der Waals surface area contributed by atoms with Crippen molar-refractivity contribution in [1.82, 2.24) is 5.32 Å². The summed E-state index contributed by atoms with van der Waals surface area (Å²) >= 11 is 1.57. The predicted molar refractivity (Wildman–Crippen MR) is 64.2 cm³/mol. The summed E-state index contributed by atoms with van der Waals surface area (Å²) in [6.45, 7) is 3.60. The summed E-state index contributed by atoms with van der Waals surface area (Å²) in [5.74, 6) is -0.478. The number of hydrogen-bond acceptors (Lipinski definition) is 4. The van der Waals surface area contributed by atoms with E-state index in [1.54, 1.807) is 17.4 Å². The van der Waals surface area contributed by atoms with Crippen LogP contribution in [-0.2, 0) is 0 Å². The Hall–Kier alpha value is -0.910. The average molecular weight is 240 g/mol. The number of aryl methyl sites for hydroxylation is 1. The normalized spacial score (nSPS) is 25.6. The van der Waals surface area contributed by atoms with Crippen LogP contribution in [0.1, 0.15) is 32.5 Å². The number of nitrogens with two attached hydrogens (primary N) is 1. The van der Waals surface area contributed by atoms with E-state index in [0.29, 0.717) is 11.5 Å². The van der Waals surface area contributed by atoms with Gasteiger partial charge in [-0.05, 0) is 19.4 Å². The minimum Gasteiger partial charge on any atom is -0.478 e. The molecule has 0 spiro atoms. The lowest BCUT2D eigenvalue weighted by molar-refractivity contribution is 0.0696. The van der Waals surface area contributed by atoms with Gasteiger partial charge in [0.05, 0.1) is 5.56 Å². The third-order valence-corrected chi connectivity index (χ3v) is 4.17. The quantitative estimate of drug-likeness (QED) is 0.725. The Morgan fingerprint density at radius 1 is 1.62 bits per heavy atom. The van der Waals surface area contributed by atoms with Gasteiger partial charge in [0.2, 0.25) is 0 Å². The Morgan fingerprint density at radius 3 is 2.94 bits per heavy atom. The molecular formula is C11H16N2O2S. The van der Waals surface area contributed by atoms with Crippen LogP contribution in [0.2, 0.25) is 0 Å². The Labute approximate surface area is 98.5 Å². The third-order valence-electron chi connectivity index (χ3n) is 2.95. The van der Waals surface area contributed by atoms with E-state index in [2.05, 4.69) is 5.32 Å². The van der Waals surface area contributed by atoms with Gasteiger partial charge in [0.25, 0.3) is 0 Å². The van der Waals surface area contributed by atoms with Gasteiger partial charge in [0.1, 0.15) is 0 Å². The number of aromatic carboxylic acids is 1. The summed E-state index contributed by atoms with van der Waals surface area (Å²) in [5.41, 5.74) is 6.32. The van der Waals surface area contributed by atoms with Crippen molar-refractivity contribution >= 4 is 17.3 Å². The summed E-state index contributed by atoms with van der Waals surface area (Å²) in [4.78, 5) is 13.0. The molecule has 2 rings (SSSR count). The highest BCUT2D eigenvalue weighted by Crippen LogP contribution is 2.31. The molecule has 0 bridgehead atoms. The molecule has 4 nitrogen and oxygen atoms in total. The first kappa shape index (κ1) is 11.6. The molecule has 4 N–H and O–H groups in total. The topological polar surface area (TPSA) is 75.3 Å². The van der Waals surface area contributed by atoms with Gasteiger partial charge in [-0.25, -0.2) is 4.79 Å². The summed E-state index contributed by atoms with van der Waals surface area (Å²) in [6.07, 6.45) is 0.937. The van der Waals surface area contributed by atoms with E-state index >= 15 is 0 Å². The SMILES string of the molecule is Cc1sc(C2CNCC(N)C2)cc1C(=O)O. The van der Waals surface area contributed by atoms with E-state index in [1.807, 2.05) is 6.92 Å². The molecule has 2 atom stereocenters. The molecule has 5 heteroatoms.